The summed E-state index contributed by atoms with van der Waals surface area (Å²) in [5, 5.41) is 5.75. The number of hydrogen-bond donors (Lipinski definition) is 2. The van der Waals surface area contributed by atoms with Crippen LogP contribution in [-0.2, 0) is 0 Å². The van der Waals surface area contributed by atoms with Gasteiger partial charge in [-0.25, -0.2) is 4.79 Å². The number of ether oxygens (including phenoxy) is 2. The number of pyridine rings is 1. The third kappa shape index (κ3) is 5.38. The highest BCUT2D eigenvalue weighted by Crippen LogP contribution is 2.35. The molecular weight excluding hydrogens is 368 g/mol. The van der Waals surface area contributed by atoms with Gasteiger partial charge in [0.1, 0.15) is 0 Å². The number of carbonyl (C=O) groups excluding carboxylic acids is 1. The third-order valence-electron chi connectivity index (χ3n) is 5.33. The van der Waals surface area contributed by atoms with Crippen LogP contribution in [0.4, 0.5) is 10.5 Å². The number of anilines is 1. The van der Waals surface area contributed by atoms with E-state index in [-0.39, 0.29) is 12.8 Å². The first kappa shape index (κ1) is 19.5. The van der Waals surface area contributed by atoms with Gasteiger partial charge in [-0.3, -0.25) is 4.98 Å². The van der Waals surface area contributed by atoms with Crippen LogP contribution in [0.5, 0.6) is 11.5 Å². The van der Waals surface area contributed by atoms with E-state index in [1.165, 1.54) is 32.4 Å². The van der Waals surface area contributed by atoms with Gasteiger partial charge in [0.2, 0.25) is 6.79 Å². The molecule has 7 heteroatoms. The number of nitrogens with zero attached hydrogens (tertiary/aromatic N) is 2. The molecule has 0 saturated carbocycles. The molecule has 29 heavy (non-hydrogen) atoms. The van der Waals surface area contributed by atoms with E-state index in [0.29, 0.717) is 12.2 Å². The number of nitrogens with one attached hydrogen (secondary N) is 2. The summed E-state index contributed by atoms with van der Waals surface area (Å²) >= 11 is 0. The average Bonchev–Trinajstić information content (AvgIpc) is 3.23. The molecule has 0 spiro atoms. The van der Waals surface area contributed by atoms with Crippen LogP contribution >= 0.6 is 0 Å². The Morgan fingerprint density at radius 2 is 1.90 bits per heavy atom. The summed E-state index contributed by atoms with van der Waals surface area (Å²) in [7, 11) is 0. The average molecular weight is 396 g/mol. The molecule has 1 aromatic heterocycles. The number of carbonyl (C=O) groups is 1. The Bertz CT molecular complexity index is 819. The Kier molecular flexibility index (Phi) is 6.46. The monoisotopic (exact) mass is 396 g/mol. The van der Waals surface area contributed by atoms with Gasteiger partial charge in [-0.2, -0.15) is 0 Å². The number of rotatable bonds is 7. The molecule has 154 valence electrons. The lowest BCUT2D eigenvalue weighted by atomic mass is 10.1. The number of hydrogen-bond acceptors (Lipinski definition) is 5. The van der Waals surface area contributed by atoms with E-state index in [4.69, 9.17) is 9.47 Å². The highest BCUT2D eigenvalue weighted by Gasteiger charge is 2.14. The van der Waals surface area contributed by atoms with Crippen molar-refractivity contribution in [1.29, 1.82) is 0 Å². The molecule has 1 fully saturated rings. The lowest BCUT2D eigenvalue weighted by Gasteiger charge is -2.26. The van der Waals surface area contributed by atoms with E-state index < -0.39 is 0 Å². The Labute approximate surface area is 171 Å². The second-order valence-corrected chi connectivity index (χ2v) is 7.49. The molecule has 2 amide bonds. The maximum atomic E-state index is 12.1. The van der Waals surface area contributed by atoms with Crippen LogP contribution in [0.15, 0.2) is 36.5 Å². The molecular formula is C22H28N4O3. The number of benzene rings is 1. The first-order valence-corrected chi connectivity index (χ1v) is 10.4. The van der Waals surface area contributed by atoms with Gasteiger partial charge in [0.05, 0.1) is 17.6 Å². The van der Waals surface area contributed by atoms with Gasteiger partial charge >= 0.3 is 6.03 Å². The zero-order valence-electron chi connectivity index (χ0n) is 16.7. The van der Waals surface area contributed by atoms with E-state index in [1.807, 2.05) is 30.3 Å². The Balaban J connectivity index is 1.19. The lowest BCUT2D eigenvalue weighted by molar-refractivity contribution is 0.174. The van der Waals surface area contributed by atoms with Gasteiger partial charge in [-0.15, -0.1) is 0 Å². The maximum absolute atomic E-state index is 12.1. The third-order valence-corrected chi connectivity index (χ3v) is 5.33. The standard InChI is InChI=1S/C22H28N4O3/c27-22(23-10-2-5-13-26-11-3-1-4-12-26)25-18-7-8-19(24-15-18)17-6-9-20-21(14-17)29-16-28-20/h6-9,14-15H,1-5,10-13,16H2,(H2,23,25,27). The number of piperidine rings is 1. The van der Waals surface area contributed by atoms with Gasteiger partial charge < -0.3 is 25.0 Å². The number of amides is 2. The van der Waals surface area contributed by atoms with Crippen LogP contribution in [0.25, 0.3) is 11.3 Å². The van der Waals surface area contributed by atoms with E-state index in [0.717, 1.165) is 42.1 Å². The summed E-state index contributed by atoms with van der Waals surface area (Å²) in [6.07, 6.45) is 7.78. The molecule has 0 aliphatic carbocycles. The normalized spacial score (nSPS) is 15.9. The van der Waals surface area contributed by atoms with Crippen LogP contribution in [0, 0.1) is 0 Å². The fourth-order valence-corrected chi connectivity index (χ4v) is 3.72. The Morgan fingerprint density at radius 3 is 2.72 bits per heavy atom. The van der Waals surface area contributed by atoms with Crippen molar-refractivity contribution in [2.24, 2.45) is 0 Å². The van der Waals surface area contributed by atoms with E-state index >= 15 is 0 Å². The summed E-state index contributed by atoms with van der Waals surface area (Å²) in [6.45, 7) is 4.52. The van der Waals surface area contributed by atoms with Crippen LogP contribution in [0.2, 0.25) is 0 Å². The molecule has 1 saturated heterocycles. The number of aromatic nitrogens is 1. The highest BCUT2D eigenvalue weighted by atomic mass is 16.7. The smallest absolute Gasteiger partial charge is 0.319 e. The lowest BCUT2D eigenvalue weighted by Crippen LogP contribution is -2.32. The van der Waals surface area contributed by atoms with Crippen LogP contribution in [-0.4, -0.2) is 48.9 Å². The highest BCUT2D eigenvalue weighted by molar-refractivity contribution is 5.89. The molecule has 7 nitrogen and oxygen atoms in total. The molecule has 0 unspecified atom stereocenters. The minimum Gasteiger partial charge on any atom is -0.454 e. The molecule has 2 N–H and O–H groups in total. The van der Waals surface area contributed by atoms with Crippen LogP contribution in [0.3, 0.4) is 0 Å². The first-order chi connectivity index (χ1) is 14.3. The molecule has 3 heterocycles. The van der Waals surface area contributed by atoms with Crippen LogP contribution in [0.1, 0.15) is 32.1 Å². The zero-order valence-corrected chi connectivity index (χ0v) is 16.7. The van der Waals surface area contributed by atoms with Crippen molar-refractivity contribution in [3.63, 3.8) is 0 Å². The van der Waals surface area contributed by atoms with Crippen molar-refractivity contribution in [1.82, 2.24) is 15.2 Å². The first-order valence-electron chi connectivity index (χ1n) is 10.4. The quantitative estimate of drug-likeness (QED) is 0.695. The van der Waals surface area contributed by atoms with Crippen molar-refractivity contribution < 1.29 is 14.3 Å². The summed E-state index contributed by atoms with van der Waals surface area (Å²) in [4.78, 5) is 19.0. The SMILES string of the molecule is O=C(NCCCCN1CCCCC1)Nc1ccc(-c2ccc3c(c2)OCO3)nc1. The molecule has 2 aliphatic heterocycles. The second kappa shape index (κ2) is 9.60. The minimum absolute atomic E-state index is 0.194. The predicted octanol–water partition coefficient (Wildman–Crippen LogP) is 3.86. The van der Waals surface area contributed by atoms with Gasteiger partial charge in [-0.1, -0.05) is 6.42 Å². The van der Waals surface area contributed by atoms with Gasteiger partial charge in [0.15, 0.2) is 11.5 Å². The molecule has 4 rings (SSSR count). The Morgan fingerprint density at radius 1 is 1.03 bits per heavy atom. The van der Waals surface area contributed by atoms with Gasteiger partial charge in [-0.05, 0) is 75.6 Å². The number of likely N-dealkylation sites (tertiary alicyclic amines) is 1. The fourth-order valence-electron chi connectivity index (χ4n) is 3.72. The topological polar surface area (TPSA) is 75.7 Å². The van der Waals surface area contributed by atoms with Gasteiger partial charge in [0, 0.05) is 12.1 Å². The van der Waals surface area contributed by atoms with Crippen molar-refractivity contribution in [2.45, 2.75) is 32.1 Å². The van der Waals surface area contributed by atoms with E-state index in [2.05, 4.69) is 20.5 Å². The second-order valence-electron chi connectivity index (χ2n) is 7.49. The van der Waals surface area contributed by atoms with Crippen LogP contribution < -0.4 is 20.1 Å². The summed E-state index contributed by atoms with van der Waals surface area (Å²) in [5.74, 6) is 1.48. The van der Waals surface area contributed by atoms with Gasteiger partial charge in [0.25, 0.3) is 0 Å². The molecule has 1 aromatic carbocycles. The zero-order chi connectivity index (χ0) is 19.9. The minimum atomic E-state index is -0.194. The summed E-state index contributed by atoms with van der Waals surface area (Å²) < 4.78 is 10.7. The molecule has 2 aliphatic rings. The summed E-state index contributed by atoms with van der Waals surface area (Å²) in [6, 6.07) is 9.27. The van der Waals surface area contributed by atoms with Crippen molar-refractivity contribution in [2.75, 3.05) is 38.3 Å². The van der Waals surface area contributed by atoms with Crippen molar-refractivity contribution in [3.05, 3.63) is 36.5 Å². The number of fused-ring (bicyclic) bond motifs is 1. The van der Waals surface area contributed by atoms with E-state index in [9.17, 15) is 4.79 Å². The fraction of sp³-hybridized carbons (Fsp3) is 0.455. The molecule has 0 radical (unpaired) electrons. The van der Waals surface area contributed by atoms with Crippen molar-refractivity contribution in [3.8, 4) is 22.8 Å². The maximum Gasteiger partial charge on any atom is 0.319 e. The Hall–Kier alpha value is -2.80. The summed E-state index contributed by atoms with van der Waals surface area (Å²) in [5.41, 5.74) is 2.42. The van der Waals surface area contributed by atoms with Crippen molar-refractivity contribution >= 4 is 11.7 Å². The molecule has 0 bridgehead atoms. The number of unbranched alkanes of at least 4 members (excludes halogenated alkanes) is 1. The molecule has 0 atom stereocenters. The predicted molar refractivity (Wildman–Crippen MR) is 112 cm³/mol. The largest absolute Gasteiger partial charge is 0.454 e. The molecule has 2 aromatic rings. The van der Waals surface area contributed by atoms with E-state index in [1.54, 1.807) is 6.20 Å². The number of urea groups is 1.